The van der Waals surface area contributed by atoms with Crippen molar-refractivity contribution in [2.75, 3.05) is 17.7 Å². The molecule has 3 aromatic rings. The first kappa shape index (κ1) is 18.2. The van der Waals surface area contributed by atoms with Crippen molar-refractivity contribution in [2.45, 2.75) is 12.1 Å². The van der Waals surface area contributed by atoms with Gasteiger partial charge in [-0.1, -0.05) is 11.8 Å². The molecule has 10 heteroatoms. The van der Waals surface area contributed by atoms with E-state index in [4.69, 9.17) is 9.15 Å². The van der Waals surface area contributed by atoms with Crippen LogP contribution in [-0.2, 0) is 16.6 Å². The first-order chi connectivity index (χ1) is 12.6. The first-order valence-corrected chi connectivity index (χ1v) is 9.55. The molecule has 0 aliphatic heterocycles. The molecule has 26 heavy (non-hydrogen) atoms. The normalized spacial score (nSPS) is 10.7. The van der Waals surface area contributed by atoms with Gasteiger partial charge < -0.3 is 19.0 Å². The Morgan fingerprint density at radius 2 is 2.31 bits per heavy atom. The monoisotopic (exact) mass is 392 g/mol. The Labute approximate surface area is 157 Å². The van der Waals surface area contributed by atoms with Crippen LogP contribution >= 0.6 is 23.1 Å². The van der Waals surface area contributed by atoms with Gasteiger partial charge in [-0.25, -0.2) is 4.79 Å². The lowest BCUT2D eigenvalue weighted by atomic mass is 10.1. The van der Waals surface area contributed by atoms with Gasteiger partial charge in [0.2, 0.25) is 5.91 Å². The van der Waals surface area contributed by atoms with Crippen molar-refractivity contribution in [3.05, 3.63) is 35.7 Å². The van der Waals surface area contributed by atoms with Gasteiger partial charge >= 0.3 is 5.97 Å². The van der Waals surface area contributed by atoms with Crippen molar-refractivity contribution in [3.8, 4) is 11.3 Å². The van der Waals surface area contributed by atoms with Gasteiger partial charge in [0, 0.05) is 18.0 Å². The number of aryl methyl sites for hydroxylation is 1. The number of nitrogens with one attached hydrogen (secondary N) is 1. The lowest BCUT2D eigenvalue weighted by molar-refractivity contribution is -0.113. The zero-order valence-electron chi connectivity index (χ0n) is 14.1. The Kier molecular flexibility index (Phi) is 5.74. The molecule has 0 aliphatic rings. The summed E-state index contributed by atoms with van der Waals surface area (Å²) in [6.45, 7) is 1.97. The summed E-state index contributed by atoms with van der Waals surface area (Å²) in [7, 11) is 1.80. The highest BCUT2D eigenvalue weighted by molar-refractivity contribution is 7.99. The molecule has 0 aromatic carbocycles. The zero-order valence-corrected chi connectivity index (χ0v) is 15.7. The molecule has 0 atom stereocenters. The highest BCUT2D eigenvalue weighted by Gasteiger charge is 2.24. The molecule has 0 saturated carbocycles. The van der Waals surface area contributed by atoms with Gasteiger partial charge in [0.05, 0.1) is 18.6 Å². The third-order valence-electron chi connectivity index (χ3n) is 3.31. The van der Waals surface area contributed by atoms with Crippen molar-refractivity contribution in [1.82, 2.24) is 14.8 Å². The van der Waals surface area contributed by atoms with E-state index in [1.54, 1.807) is 42.4 Å². The fourth-order valence-electron chi connectivity index (χ4n) is 2.17. The van der Waals surface area contributed by atoms with Gasteiger partial charge in [0.25, 0.3) is 0 Å². The minimum Gasteiger partial charge on any atom is -0.464 e. The van der Waals surface area contributed by atoms with Crippen LogP contribution in [0.2, 0.25) is 0 Å². The molecule has 3 heterocycles. The van der Waals surface area contributed by atoms with Crippen LogP contribution in [0.25, 0.3) is 11.3 Å². The van der Waals surface area contributed by atoms with E-state index < -0.39 is 5.97 Å². The summed E-state index contributed by atoms with van der Waals surface area (Å²) in [5.74, 6) is -0.0750. The minimum absolute atomic E-state index is 0.142. The Morgan fingerprint density at radius 1 is 1.46 bits per heavy atom. The predicted molar refractivity (Wildman–Crippen MR) is 98.3 cm³/mol. The minimum atomic E-state index is -0.503. The van der Waals surface area contributed by atoms with Gasteiger partial charge in [-0.3, -0.25) is 4.79 Å². The number of anilines is 1. The van der Waals surface area contributed by atoms with Crippen LogP contribution < -0.4 is 5.32 Å². The van der Waals surface area contributed by atoms with E-state index in [1.165, 1.54) is 29.4 Å². The number of aromatic nitrogens is 3. The Morgan fingerprint density at radius 3 is 2.96 bits per heavy atom. The third kappa shape index (κ3) is 3.97. The van der Waals surface area contributed by atoms with E-state index in [1.807, 2.05) is 0 Å². The molecule has 0 aliphatic carbocycles. The molecule has 0 radical (unpaired) electrons. The van der Waals surface area contributed by atoms with E-state index in [9.17, 15) is 9.59 Å². The summed E-state index contributed by atoms with van der Waals surface area (Å²) in [6.07, 6.45) is 3.09. The third-order valence-corrected chi connectivity index (χ3v) is 5.24. The second-order valence-electron chi connectivity index (χ2n) is 5.11. The summed E-state index contributed by atoms with van der Waals surface area (Å²) in [5.41, 5.74) is 0.888. The number of ether oxygens (including phenoxy) is 1. The number of esters is 1. The summed E-state index contributed by atoms with van der Waals surface area (Å²) in [5, 5.41) is 13.3. The fraction of sp³-hybridized carbons (Fsp3) is 0.250. The number of rotatable bonds is 7. The second kappa shape index (κ2) is 8.19. The molecule has 1 amide bonds. The van der Waals surface area contributed by atoms with Crippen LogP contribution in [0.15, 0.2) is 39.7 Å². The molecular formula is C16H16N4O4S2. The van der Waals surface area contributed by atoms with Crippen LogP contribution in [0.3, 0.4) is 0 Å². The number of thiophene rings is 1. The van der Waals surface area contributed by atoms with E-state index in [0.717, 1.165) is 0 Å². The maximum Gasteiger partial charge on any atom is 0.341 e. The number of nitrogens with zero attached hydrogens (tertiary/aromatic N) is 3. The van der Waals surface area contributed by atoms with Crippen LogP contribution in [0.1, 0.15) is 17.3 Å². The van der Waals surface area contributed by atoms with E-state index in [0.29, 0.717) is 27.0 Å². The van der Waals surface area contributed by atoms with Gasteiger partial charge in [0.1, 0.15) is 22.7 Å². The average molecular weight is 392 g/mol. The van der Waals surface area contributed by atoms with Gasteiger partial charge in [-0.05, 0) is 19.1 Å². The summed E-state index contributed by atoms with van der Waals surface area (Å²) in [6, 6.07) is 3.48. The second-order valence-corrected chi connectivity index (χ2v) is 6.93. The SMILES string of the molecule is CCOC(=O)c1c(-c2ccco2)csc1NC(=O)CSc1nncn1C. The van der Waals surface area contributed by atoms with Gasteiger partial charge in [-0.15, -0.1) is 21.5 Å². The van der Waals surface area contributed by atoms with Crippen molar-refractivity contribution in [2.24, 2.45) is 7.05 Å². The Bertz CT molecular complexity index is 901. The lowest BCUT2D eigenvalue weighted by Crippen LogP contribution is -2.16. The van der Waals surface area contributed by atoms with Crippen LogP contribution in [0.5, 0.6) is 0 Å². The molecule has 3 rings (SSSR count). The average Bonchev–Trinajstić information content (AvgIpc) is 3.33. The van der Waals surface area contributed by atoms with E-state index in [2.05, 4.69) is 15.5 Å². The molecular weight excluding hydrogens is 376 g/mol. The van der Waals surface area contributed by atoms with E-state index >= 15 is 0 Å². The molecule has 0 fully saturated rings. The number of hydrogen-bond donors (Lipinski definition) is 1. The van der Waals surface area contributed by atoms with Crippen molar-refractivity contribution < 1.29 is 18.7 Å². The molecule has 1 N–H and O–H groups in total. The van der Waals surface area contributed by atoms with Crippen LogP contribution in [-0.4, -0.2) is 39.0 Å². The number of carbonyl (C=O) groups excluding carboxylic acids is 2. The maximum absolute atomic E-state index is 12.4. The summed E-state index contributed by atoms with van der Waals surface area (Å²) < 4.78 is 12.2. The van der Waals surface area contributed by atoms with Gasteiger partial charge in [0.15, 0.2) is 5.16 Å². The molecule has 8 nitrogen and oxygen atoms in total. The highest BCUT2D eigenvalue weighted by Crippen LogP contribution is 2.36. The fourth-order valence-corrected chi connectivity index (χ4v) is 3.81. The predicted octanol–water partition coefficient (Wildman–Crippen LogP) is 3.04. The first-order valence-electron chi connectivity index (χ1n) is 7.69. The Hall–Kier alpha value is -2.59. The zero-order chi connectivity index (χ0) is 18.5. The molecule has 0 saturated heterocycles. The highest BCUT2D eigenvalue weighted by atomic mass is 32.2. The van der Waals surface area contributed by atoms with Crippen LogP contribution in [0, 0.1) is 0 Å². The number of carbonyl (C=O) groups is 2. The number of hydrogen-bond acceptors (Lipinski definition) is 8. The topological polar surface area (TPSA) is 99.2 Å². The lowest BCUT2D eigenvalue weighted by Gasteiger charge is -2.07. The number of furan rings is 1. The molecule has 3 aromatic heterocycles. The Balaban J connectivity index is 1.77. The molecule has 0 unspecified atom stereocenters. The van der Waals surface area contributed by atoms with Crippen molar-refractivity contribution in [3.63, 3.8) is 0 Å². The largest absolute Gasteiger partial charge is 0.464 e. The van der Waals surface area contributed by atoms with Crippen molar-refractivity contribution >= 4 is 40.0 Å². The molecule has 0 bridgehead atoms. The van der Waals surface area contributed by atoms with E-state index in [-0.39, 0.29) is 18.3 Å². The molecule has 136 valence electrons. The molecule has 0 spiro atoms. The maximum atomic E-state index is 12.4. The van der Waals surface area contributed by atoms with Gasteiger partial charge in [-0.2, -0.15) is 0 Å². The summed E-state index contributed by atoms with van der Waals surface area (Å²) >= 11 is 2.51. The smallest absolute Gasteiger partial charge is 0.341 e. The quantitative estimate of drug-likeness (QED) is 0.487. The summed E-state index contributed by atoms with van der Waals surface area (Å²) in [4.78, 5) is 24.7. The van der Waals surface area contributed by atoms with Crippen molar-refractivity contribution in [1.29, 1.82) is 0 Å². The number of thioether (sulfide) groups is 1. The number of amides is 1. The van der Waals surface area contributed by atoms with Crippen LogP contribution in [0.4, 0.5) is 5.00 Å². The standard InChI is InChI=1S/C16H16N4O4S2/c1-3-23-15(22)13-10(11-5-4-6-24-11)7-25-14(13)18-12(21)8-26-16-19-17-9-20(16)2/h4-7,9H,3,8H2,1-2H3,(H,18,21).